The van der Waals surface area contributed by atoms with E-state index in [9.17, 15) is 0 Å². The van der Waals surface area contributed by atoms with Crippen molar-refractivity contribution in [3.63, 3.8) is 0 Å². The van der Waals surface area contributed by atoms with E-state index < -0.39 is 0 Å². The van der Waals surface area contributed by atoms with Gasteiger partial charge in [-0.3, -0.25) is 0 Å². The van der Waals surface area contributed by atoms with Crippen molar-refractivity contribution in [1.29, 1.82) is 0 Å². The molecule has 0 radical (unpaired) electrons. The van der Waals surface area contributed by atoms with Crippen molar-refractivity contribution in [2.24, 2.45) is 0 Å². The number of aromatic nitrogens is 4. The lowest BCUT2D eigenvalue weighted by Crippen LogP contribution is -2.07. The van der Waals surface area contributed by atoms with Crippen LogP contribution >= 0.6 is 0 Å². The van der Waals surface area contributed by atoms with Crippen LogP contribution in [0.15, 0.2) is 18.6 Å². The Morgan fingerprint density at radius 1 is 1.20 bits per heavy atom. The second-order valence-electron chi connectivity index (χ2n) is 4.22. The van der Waals surface area contributed by atoms with Crippen LogP contribution in [0.5, 0.6) is 0 Å². The van der Waals surface area contributed by atoms with Crippen LogP contribution in [0.2, 0.25) is 0 Å². The van der Waals surface area contributed by atoms with Crippen LogP contribution < -0.4 is 0 Å². The summed E-state index contributed by atoms with van der Waals surface area (Å²) in [4.78, 5) is 0. The van der Waals surface area contributed by atoms with Crippen LogP contribution in [0.3, 0.4) is 0 Å². The maximum absolute atomic E-state index is 4.19. The Balaban J connectivity index is 2.05. The van der Waals surface area contributed by atoms with Crippen molar-refractivity contribution in [2.75, 3.05) is 0 Å². The Bertz CT molecular complexity index is 456. The van der Waals surface area contributed by atoms with Gasteiger partial charge in [0.05, 0.1) is 0 Å². The zero-order valence-electron chi connectivity index (χ0n) is 8.63. The largest absolute Gasteiger partial charge is 0.200 e. The molecule has 0 aromatic carbocycles. The number of rotatable bonds is 1. The van der Waals surface area contributed by atoms with Crippen molar-refractivity contribution in [3.8, 4) is 0 Å². The molecule has 1 aliphatic rings. The van der Waals surface area contributed by atoms with E-state index in [4.69, 9.17) is 0 Å². The summed E-state index contributed by atoms with van der Waals surface area (Å²) in [5.41, 5.74) is 2.26. The maximum atomic E-state index is 4.19. The topological polar surface area (TPSA) is 43.1 Å². The monoisotopic (exact) mass is 202 g/mol. The summed E-state index contributed by atoms with van der Waals surface area (Å²) in [6.07, 6.45) is 10.1. The minimum Gasteiger partial charge on any atom is -0.200 e. The quantitative estimate of drug-likeness (QED) is 0.711. The normalized spacial score (nSPS) is 18.4. The molecular formula is C11H14N4. The van der Waals surface area contributed by atoms with Crippen molar-refractivity contribution < 1.29 is 0 Å². The summed E-state index contributed by atoms with van der Waals surface area (Å²) in [7, 11) is 0. The van der Waals surface area contributed by atoms with Gasteiger partial charge in [0.25, 0.3) is 0 Å². The summed E-state index contributed by atoms with van der Waals surface area (Å²) >= 11 is 0. The molecule has 2 aromatic heterocycles. The lowest BCUT2D eigenvalue weighted by Gasteiger charge is -2.21. The highest BCUT2D eigenvalue weighted by molar-refractivity contribution is 5.46. The van der Waals surface area contributed by atoms with E-state index in [0.29, 0.717) is 5.92 Å². The van der Waals surface area contributed by atoms with Crippen molar-refractivity contribution in [2.45, 2.75) is 38.0 Å². The molecule has 0 saturated heterocycles. The van der Waals surface area contributed by atoms with E-state index in [0.717, 1.165) is 5.65 Å². The molecule has 1 aliphatic carbocycles. The van der Waals surface area contributed by atoms with Gasteiger partial charge in [0, 0.05) is 11.8 Å². The molecule has 0 atom stereocenters. The predicted octanol–water partition coefficient (Wildman–Crippen LogP) is 2.17. The average molecular weight is 202 g/mol. The maximum Gasteiger partial charge on any atom is 0.181 e. The molecule has 4 heteroatoms. The van der Waals surface area contributed by atoms with E-state index in [-0.39, 0.29) is 0 Å². The summed E-state index contributed by atoms with van der Waals surface area (Å²) in [6, 6.07) is 2.10. The summed E-state index contributed by atoms with van der Waals surface area (Å²) in [5.74, 6) is 0.661. The van der Waals surface area contributed by atoms with Gasteiger partial charge in [-0.05, 0) is 24.8 Å². The number of nitrogens with zero attached hydrogens (tertiary/aromatic N) is 4. The van der Waals surface area contributed by atoms with Gasteiger partial charge in [0.15, 0.2) is 5.65 Å². The van der Waals surface area contributed by atoms with Crippen LogP contribution in [-0.4, -0.2) is 19.8 Å². The molecule has 0 bridgehead atoms. The summed E-state index contributed by atoms with van der Waals surface area (Å²) in [6.45, 7) is 0. The minimum atomic E-state index is 0.661. The average Bonchev–Trinajstić information content (AvgIpc) is 2.78. The fourth-order valence-corrected chi connectivity index (χ4v) is 2.50. The molecule has 1 saturated carbocycles. The first kappa shape index (κ1) is 8.83. The van der Waals surface area contributed by atoms with Crippen LogP contribution in [0.25, 0.3) is 5.65 Å². The van der Waals surface area contributed by atoms with Gasteiger partial charge in [-0.15, -0.1) is 10.2 Å². The Hall–Kier alpha value is -1.45. The molecule has 2 heterocycles. The fourth-order valence-electron chi connectivity index (χ4n) is 2.50. The molecule has 0 N–H and O–H groups in total. The van der Waals surface area contributed by atoms with Crippen LogP contribution in [-0.2, 0) is 0 Å². The van der Waals surface area contributed by atoms with Gasteiger partial charge in [-0.2, -0.15) is 5.10 Å². The van der Waals surface area contributed by atoms with Crippen LogP contribution in [0.4, 0.5) is 0 Å². The highest BCUT2D eigenvalue weighted by atomic mass is 15.3. The molecule has 2 aromatic rings. The molecule has 0 unspecified atom stereocenters. The van der Waals surface area contributed by atoms with E-state index in [1.807, 2.05) is 6.20 Å². The molecule has 4 nitrogen and oxygen atoms in total. The third kappa shape index (κ3) is 1.50. The van der Waals surface area contributed by atoms with E-state index in [2.05, 4.69) is 21.4 Å². The standard InChI is InChI=1S/C11H14N4/c1-2-4-9(5-3-1)10-6-7-13-15-8-12-14-11(10)15/h6-9H,1-5H2. The second kappa shape index (κ2) is 3.61. The van der Waals surface area contributed by atoms with Crippen molar-refractivity contribution in [3.05, 3.63) is 24.2 Å². The highest BCUT2D eigenvalue weighted by Gasteiger charge is 2.18. The Morgan fingerprint density at radius 2 is 2.07 bits per heavy atom. The number of fused-ring (bicyclic) bond motifs is 1. The SMILES string of the molecule is c1cc(C2CCCCC2)c2nncn2n1. The van der Waals surface area contributed by atoms with Gasteiger partial charge >= 0.3 is 0 Å². The van der Waals surface area contributed by atoms with Crippen molar-refractivity contribution in [1.82, 2.24) is 19.8 Å². The summed E-state index contributed by atoms with van der Waals surface area (Å²) < 4.78 is 1.77. The third-order valence-electron chi connectivity index (χ3n) is 3.28. The van der Waals surface area contributed by atoms with Gasteiger partial charge in [-0.25, -0.2) is 4.52 Å². The van der Waals surface area contributed by atoms with Crippen LogP contribution in [0, 0.1) is 0 Å². The zero-order chi connectivity index (χ0) is 10.1. The lowest BCUT2D eigenvalue weighted by atomic mass is 9.85. The fraction of sp³-hybridized carbons (Fsp3) is 0.545. The highest BCUT2D eigenvalue weighted by Crippen LogP contribution is 2.33. The van der Waals surface area contributed by atoms with E-state index in [1.54, 1.807) is 10.8 Å². The summed E-state index contributed by atoms with van der Waals surface area (Å²) in [5, 5.41) is 12.2. The molecule has 0 aliphatic heterocycles. The zero-order valence-corrected chi connectivity index (χ0v) is 8.63. The number of hydrogen-bond acceptors (Lipinski definition) is 3. The third-order valence-corrected chi connectivity index (χ3v) is 3.28. The Labute approximate surface area is 88.3 Å². The number of hydrogen-bond donors (Lipinski definition) is 0. The molecule has 3 rings (SSSR count). The first-order chi connectivity index (χ1) is 7.45. The minimum absolute atomic E-state index is 0.661. The van der Waals surface area contributed by atoms with Crippen molar-refractivity contribution >= 4 is 5.65 Å². The lowest BCUT2D eigenvalue weighted by molar-refractivity contribution is 0.444. The Kier molecular flexibility index (Phi) is 2.12. The van der Waals surface area contributed by atoms with Gasteiger partial charge in [-0.1, -0.05) is 19.3 Å². The first-order valence-corrected chi connectivity index (χ1v) is 5.60. The Morgan fingerprint density at radius 3 is 2.93 bits per heavy atom. The van der Waals surface area contributed by atoms with E-state index >= 15 is 0 Å². The van der Waals surface area contributed by atoms with Gasteiger partial charge in [0.1, 0.15) is 6.33 Å². The van der Waals surface area contributed by atoms with E-state index in [1.165, 1.54) is 37.7 Å². The van der Waals surface area contributed by atoms with Crippen LogP contribution in [0.1, 0.15) is 43.6 Å². The first-order valence-electron chi connectivity index (χ1n) is 5.60. The predicted molar refractivity (Wildman–Crippen MR) is 56.6 cm³/mol. The molecule has 0 amide bonds. The second-order valence-corrected chi connectivity index (χ2v) is 4.22. The van der Waals surface area contributed by atoms with Gasteiger partial charge < -0.3 is 0 Å². The molecule has 78 valence electrons. The van der Waals surface area contributed by atoms with Gasteiger partial charge in [0.2, 0.25) is 0 Å². The molecule has 15 heavy (non-hydrogen) atoms. The molecule has 0 spiro atoms. The molecule has 1 fully saturated rings. The molecular weight excluding hydrogens is 188 g/mol. The smallest absolute Gasteiger partial charge is 0.181 e.